The normalized spacial score (nSPS) is 15.3. The molecular weight excluding hydrogens is 474 g/mol. The fourth-order valence-corrected chi connectivity index (χ4v) is 4.71. The van der Waals surface area contributed by atoms with Crippen LogP contribution in [0.3, 0.4) is 0 Å². The van der Waals surface area contributed by atoms with Gasteiger partial charge in [-0.05, 0) is 67.8 Å². The van der Waals surface area contributed by atoms with Gasteiger partial charge in [-0.15, -0.1) is 0 Å². The molecule has 1 unspecified atom stereocenters. The highest BCUT2D eigenvalue weighted by atomic mass is 32.2. The van der Waals surface area contributed by atoms with Gasteiger partial charge in [-0.1, -0.05) is 30.3 Å². The Morgan fingerprint density at radius 2 is 1.89 bits per heavy atom. The fourth-order valence-electron chi connectivity index (χ4n) is 4.39. The van der Waals surface area contributed by atoms with Crippen LogP contribution in [0.1, 0.15) is 19.3 Å². The lowest BCUT2D eigenvalue weighted by Gasteiger charge is -2.13. The van der Waals surface area contributed by atoms with E-state index in [4.69, 9.17) is 9.72 Å². The molecule has 0 bridgehead atoms. The van der Waals surface area contributed by atoms with Crippen LogP contribution in [0.2, 0.25) is 0 Å². The van der Waals surface area contributed by atoms with Gasteiger partial charge in [0.1, 0.15) is 5.75 Å². The van der Waals surface area contributed by atoms with Crippen molar-refractivity contribution in [3.05, 3.63) is 72.9 Å². The number of hydrogen-bond acceptors (Lipinski definition) is 7. The van der Waals surface area contributed by atoms with Gasteiger partial charge in [-0.2, -0.15) is 0 Å². The number of anilines is 3. The Labute approximate surface area is 212 Å². The molecule has 1 fully saturated rings. The molecule has 8 nitrogen and oxygen atoms in total. The van der Waals surface area contributed by atoms with Crippen LogP contribution in [-0.2, 0) is 10.9 Å². The van der Waals surface area contributed by atoms with Gasteiger partial charge in [0.2, 0.25) is 16.8 Å². The highest BCUT2D eigenvalue weighted by molar-refractivity contribution is 7.74. The minimum Gasteiger partial charge on any atom is -0.494 e. The summed E-state index contributed by atoms with van der Waals surface area (Å²) < 4.78 is 29.6. The van der Waals surface area contributed by atoms with Gasteiger partial charge < -0.3 is 15.4 Å². The van der Waals surface area contributed by atoms with Crippen LogP contribution >= 0.6 is 0 Å². The number of nitrogens with one attached hydrogen (secondary N) is 2. The Morgan fingerprint density at radius 3 is 2.61 bits per heavy atom. The summed E-state index contributed by atoms with van der Waals surface area (Å²) in [6.07, 6.45) is 5.30. The van der Waals surface area contributed by atoms with Crippen molar-refractivity contribution in [2.75, 3.05) is 29.8 Å². The number of aromatic nitrogens is 2. The van der Waals surface area contributed by atoms with Crippen LogP contribution in [0.25, 0.3) is 22.0 Å². The summed E-state index contributed by atoms with van der Waals surface area (Å²) in [4.78, 5) is 9.26. The summed E-state index contributed by atoms with van der Waals surface area (Å²) >= 11 is 0. The molecular formula is C27H29N5O3S. The van der Waals surface area contributed by atoms with E-state index in [1.165, 1.54) is 24.2 Å². The molecule has 1 aromatic heterocycles. The largest absolute Gasteiger partial charge is 0.494 e. The number of thiol groups is 1. The molecule has 2 N–H and O–H groups in total. The Morgan fingerprint density at radius 1 is 1.08 bits per heavy atom. The summed E-state index contributed by atoms with van der Waals surface area (Å²) in [5.74, 6) is 1.34. The molecule has 1 atom stereocenters. The zero-order chi connectivity index (χ0) is 24.9. The highest BCUT2D eigenvalue weighted by Gasteiger charge is 2.13. The maximum Gasteiger partial charge on any atom is 0.227 e. The van der Waals surface area contributed by atoms with E-state index >= 15 is 0 Å². The SMILES string of the molecule is CN(c1ccc(-c2cccc3cnc(Nc4ccc(OCCC5CCCN5)cc4)nc23)cc1)[SH](=O)=O. The van der Waals surface area contributed by atoms with E-state index in [1.54, 1.807) is 18.3 Å². The summed E-state index contributed by atoms with van der Waals surface area (Å²) in [7, 11) is -1.15. The van der Waals surface area contributed by atoms with Crippen molar-refractivity contribution in [2.45, 2.75) is 25.3 Å². The van der Waals surface area contributed by atoms with E-state index in [-0.39, 0.29) is 0 Å². The third-order valence-electron chi connectivity index (χ3n) is 6.42. The molecule has 186 valence electrons. The van der Waals surface area contributed by atoms with Gasteiger partial charge in [0.05, 0.1) is 17.8 Å². The lowest BCUT2D eigenvalue weighted by molar-refractivity contribution is 0.292. The molecule has 36 heavy (non-hydrogen) atoms. The van der Waals surface area contributed by atoms with Crippen molar-refractivity contribution >= 4 is 39.1 Å². The average Bonchev–Trinajstić information content (AvgIpc) is 3.42. The maximum absolute atomic E-state index is 11.3. The van der Waals surface area contributed by atoms with Crippen molar-refractivity contribution in [1.82, 2.24) is 15.3 Å². The molecule has 0 aliphatic carbocycles. The topological polar surface area (TPSA) is 96.4 Å². The predicted octanol–water partition coefficient (Wildman–Crippen LogP) is 4.52. The number of ether oxygens (including phenoxy) is 1. The number of hydrogen-bond donors (Lipinski definition) is 3. The van der Waals surface area contributed by atoms with E-state index < -0.39 is 10.9 Å². The number of benzene rings is 3. The number of rotatable bonds is 9. The Kier molecular flexibility index (Phi) is 7.29. The molecule has 0 radical (unpaired) electrons. The van der Waals surface area contributed by atoms with Gasteiger partial charge in [0, 0.05) is 35.9 Å². The van der Waals surface area contributed by atoms with Crippen LogP contribution in [0.4, 0.5) is 17.3 Å². The van der Waals surface area contributed by atoms with Crippen LogP contribution in [0.5, 0.6) is 5.75 Å². The van der Waals surface area contributed by atoms with Crippen LogP contribution in [0.15, 0.2) is 72.9 Å². The molecule has 1 aliphatic heterocycles. The Bertz CT molecular complexity index is 1390. The van der Waals surface area contributed by atoms with Crippen LogP contribution in [-0.4, -0.2) is 44.6 Å². The van der Waals surface area contributed by atoms with Gasteiger partial charge in [0.15, 0.2) is 0 Å². The zero-order valence-electron chi connectivity index (χ0n) is 20.1. The van der Waals surface area contributed by atoms with E-state index in [1.807, 2.05) is 54.6 Å². The maximum atomic E-state index is 11.3. The first kappa shape index (κ1) is 24.0. The van der Waals surface area contributed by atoms with Crippen LogP contribution in [0, 0.1) is 0 Å². The fraction of sp³-hybridized carbons (Fsp3) is 0.259. The minimum atomic E-state index is -2.67. The molecule has 1 saturated heterocycles. The summed E-state index contributed by atoms with van der Waals surface area (Å²) in [6.45, 7) is 1.81. The summed E-state index contributed by atoms with van der Waals surface area (Å²) in [6, 6.07) is 21.7. The molecule has 9 heteroatoms. The van der Waals surface area contributed by atoms with Crippen molar-refractivity contribution in [3.63, 3.8) is 0 Å². The van der Waals surface area contributed by atoms with Crippen molar-refractivity contribution < 1.29 is 13.2 Å². The van der Waals surface area contributed by atoms with Crippen molar-refractivity contribution in [2.24, 2.45) is 0 Å². The molecule has 0 spiro atoms. The lowest BCUT2D eigenvalue weighted by Crippen LogP contribution is -2.23. The molecule has 5 rings (SSSR count). The molecule has 1 aliphatic rings. The van der Waals surface area contributed by atoms with E-state index in [2.05, 4.69) is 15.6 Å². The molecule has 3 aromatic carbocycles. The molecule has 2 heterocycles. The smallest absolute Gasteiger partial charge is 0.227 e. The first-order valence-corrected chi connectivity index (χ1v) is 13.2. The standard InChI is InChI=1S/C27H29N5O3S/c1-32(36(33)34)23-11-7-19(8-12-23)25-6-2-4-20-18-29-27(31-26(20)25)30-22-9-13-24(14-10-22)35-17-15-21-5-3-16-28-21/h2,4,6-14,18,21,28,36H,3,5,15-17H2,1H3,(H,29,30,31). The zero-order valence-corrected chi connectivity index (χ0v) is 20.9. The van der Waals surface area contributed by atoms with E-state index in [0.717, 1.165) is 46.4 Å². The summed E-state index contributed by atoms with van der Waals surface area (Å²) in [5, 5.41) is 7.69. The minimum absolute atomic E-state index is 0.496. The molecule has 4 aromatic rings. The van der Waals surface area contributed by atoms with E-state index in [0.29, 0.717) is 24.3 Å². The van der Waals surface area contributed by atoms with Gasteiger partial charge in [-0.3, -0.25) is 4.31 Å². The van der Waals surface area contributed by atoms with Crippen LogP contribution < -0.4 is 19.7 Å². The van der Waals surface area contributed by atoms with E-state index in [9.17, 15) is 8.42 Å². The quantitative estimate of drug-likeness (QED) is 0.289. The summed E-state index contributed by atoms with van der Waals surface area (Å²) in [5.41, 5.74) is 4.17. The third-order valence-corrected chi connectivity index (χ3v) is 7.14. The number of para-hydroxylation sites is 1. The predicted molar refractivity (Wildman–Crippen MR) is 145 cm³/mol. The first-order chi connectivity index (χ1) is 17.6. The number of fused-ring (bicyclic) bond motifs is 1. The van der Waals surface area contributed by atoms with Gasteiger partial charge in [-0.25, -0.2) is 18.4 Å². The van der Waals surface area contributed by atoms with Gasteiger partial charge >= 0.3 is 0 Å². The Hall–Kier alpha value is -3.69. The third kappa shape index (κ3) is 5.58. The Balaban J connectivity index is 1.30. The van der Waals surface area contributed by atoms with Gasteiger partial charge in [0.25, 0.3) is 0 Å². The first-order valence-electron chi connectivity index (χ1n) is 12.0. The van der Waals surface area contributed by atoms with Crippen molar-refractivity contribution in [3.8, 4) is 16.9 Å². The number of nitrogens with zero attached hydrogens (tertiary/aromatic N) is 3. The monoisotopic (exact) mass is 503 g/mol. The molecule has 0 amide bonds. The second kappa shape index (κ2) is 10.9. The van der Waals surface area contributed by atoms with Crippen molar-refractivity contribution in [1.29, 1.82) is 0 Å². The highest BCUT2D eigenvalue weighted by Crippen LogP contribution is 2.30. The second-order valence-electron chi connectivity index (χ2n) is 8.83. The molecule has 0 saturated carbocycles. The average molecular weight is 504 g/mol. The second-order valence-corrected chi connectivity index (χ2v) is 9.90. The lowest BCUT2D eigenvalue weighted by atomic mass is 10.0.